The van der Waals surface area contributed by atoms with Crippen LogP contribution in [0.4, 0.5) is 0 Å². The molecule has 0 unspecified atom stereocenters. The second kappa shape index (κ2) is 7.81. The second-order valence-corrected chi connectivity index (χ2v) is 8.05. The highest BCUT2D eigenvalue weighted by Gasteiger charge is 2.21. The monoisotopic (exact) mass is 389 g/mol. The van der Waals surface area contributed by atoms with Crippen molar-refractivity contribution in [1.82, 2.24) is 4.31 Å². The lowest BCUT2D eigenvalue weighted by atomic mass is 10.1. The molecule has 1 aromatic heterocycles. The highest BCUT2D eigenvalue weighted by molar-refractivity contribution is 7.88. The fraction of sp³-hybridized carbons (Fsp3) is 0.211. The summed E-state index contributed by atoms with van der Waals surface area (Å²) in [5.74, 6) is 0.203. The first kappa shape index (κ1) is 18.9. The summed E-state index contributed by atoms with van der Waals surface area (Å²) in [7, 11) is -0.848. The van der Waals surface area contributed by atoms with Crippen molar-refractivity contribution in [2.75, 3.05) is 20.7 Å². The minimum absolute atomic E-state index is 0.178. The van der Waals surface area contributed by atoms with E-state index in [9.17, 15) is 13.2 Å². The Hall–Kier alpha value is -2.84. The number of esters is 1. The number of carbonyl (C=O) groups is 1. The van der Waals surface area contributed by atoms with Crippen molar-refractivity contribution in [3.63, 3.8) is 0 Å². The Kier molecular flexibility index (Phi) is 5.48. The maximum absolute atomic E-state index is 11.9. The van der Waals surface area contributed by atoms with Crippen LogP contribution in [0.5, 0.6) is 5.75 Å². The van der Waals surface area contributed by atoms with Crippen molar-refractivity contribution in [3.8, 4) is 5.75 Å². The van der Waals surface area contributed by atoms with Gasteiger partial charge in [0.1, 0.15) is 18.1 Å². The number of sulfonamides is 1. The number of benzene rings is 2. The molecule has 142 valence electrons. The molecule has 0 atom stereocenters. The molecule has 3 aromatic rings. The van der Waals surface area contributed by atoms with E-state index in [1.807, 2.05) is 36.4 Å². The molecule has 8 heteroatoms. The number of hydrogen-bond donors (Lipinski definition) is 0. The Morgan fingerprint density at radius 1 is 1.04 bits per heavy atom. The quantitative estimate of drug-likeness (QED) is 0.578. The van der Waals surface area contributed by atoms with Gasteiger partial charge < -0.3 is 13.9 Å². The summed E-state index contributed by atoms with van der Waals surface area (Å²) in [6.07, 6.45) is 0. The fourth-order valence-electron chi connectivity index (χ4n) is 2.35. The van der Waals surface area contributed by atoms with E-state index in [4.69, 9.17) is 13.9 Å². The molecule has 3 rings (SSSR count). The van der Waals surface area contributed by atoms with Gasteiger partial charge in [-0.05, 0) is 35.0 Å². The lowest BCUT2D eigenvalue weighted by Gasteiger charge is -2.08. The van der Waals surface area contributed by atoms with Crippen molar-refractivity contribution in [1.29, 1.82) is 0 Å². The van der Waals surface area contributed by atoms with Gasteiger partial charge >= 0.3 is 5.97 Å². The van der Waals surface area contributed by atoms with Crippen LogP contribution in [-0.4, -0.2) is 39.4 Å². The molecule has 27 heavy (non-hydrogen) atoms. The number of hydrogen-bond acceptors (Lipinski definition) is 6. The van der Waals surface area contributed by atoms with Crippen LogP contribution < -0.4 is 4.74 Å². The molecule has 0 radical (unpaired) electrons. The lowest BCUT2D eigenvalue weighted by Crippen LogP contribution is -2.21. The van der Waals surface area contributed by atoms with Crippen LogP contribution in [0.2, 0.25) is 0 Å². The number of fused-ring (bicyclic) bond motifs is 1. The third-order valence-corrected chi connectivity index (χ3v) is 5.51. The van der Waals surface area contributed by atoms with Gasteiger partial charge in [0.15, 0.2) is 6.61 Å². The van der Waals surface area contributed by atoms with E-state index in [1.165, 1.54) is 26.2 Å². The number of nitrogens with zero attached hydrogens (tertiary/aromatic N) is 1. The standard InChI is InChI=1S/C19H19NO6S/c1-20(2)27(22,23)19-10-9-17(26-19)12-25-18(21)13-24-16-8-7-14-5-3-4-6-15(14)11-16/h3-11H,12-13H2,1-2H3. The highest BCUT2D eigenvalue weighted by Crippen LogP contribution is 2.21. The lowest BCUT2D eigenvalue weighted by molar-refractivity contribution is -0.147. The molecule has 0 aliphatic heterocycles. The Balaban J connectivity index is 1.53. The molecule has 2 aromatic carbocycles. The molecular weight excluding hydrogens is 370 g/mol. The molecule has 1 heterocycles. The summed E-state index contributed by atoms with van der Waals surface area (Å²) in [6, 6.07) is 16.1. The third kappa shape index (κ3) is 4.47. The maximum Gasteiger partial charge on any atom is 0.344 e. The van der Waals surface area contributed by atoms with Crippen LogP contribution in [0.15, 0.2) is 64.1 Å². The minimum atomic E-state index is -3.66. The van der Waals surface area contributed by atoms with Crippen molar-refractivity contribution < 1.29 is 27.1 Å². The summed E-state index contributed by atoms with van der Waals surface area (Å²) < 4.78 is 40.7. The van der Waals surface area contributed by atoms with E-state index in [-0.39, 0.29) is 24.1 Å². The van der Waals surface area contributed by atoms with Gasteiger partial charge in [-0.2, -0.15) is 0 Å². The summed E-state index contributed by atoms with van der Waals surface area (Å²) in [5, 5.41) is 1.88. The summed E-state index contributed by atoms with van der Waals surface area (Å²) in [6.45, 7) is -0.440. The van der Waals surface area contributed by atoms with E-state index in [0.29, 0.717) is 5.75 Å². The molecule has 7 nitrogen and oxygen atoms in total. The predicted molar refractivity (Wildman–Crippen MR) is 98.8 cm³/mol. The van der Waals surface area contributed by atoms with Gasteiger partial charge in [0.2, 0.25) is 5.09 Å². The maximum atomic E-state index is 11.9. The zero-order valence-corrected chi connectivity index (χ0v) is 15.7. The van der Waals surface area contributed by atoms with Crippen LogP contribution in [0.1, 0.15) is 5.76 Å². The molecule has 0 saturated heterocycles. The van der Waals surface area contributed by atoms with E-state index in [2.05, 4.69) is 0 Å². The van der Waals surface area contributed by atoms with Crippen LogP contribution in [0.3, 0.4) is 0 Å². The van der Waals surface area contributed by atoms with Gasteiger partial charge in [0, 0.05) is 14.1 Å². The summed E-state index contributed by atoms with van der Waals surface area (Å²) in [4.78, 5) is 11.8. The Labute approximate surface area is 157 Å². The van der Waals surface area contributed by atoms with Crippen LogP contribution in [-0.2, 0) is 26.2 Å². The van der Waals surface area contributed by atoms with E-state index < -0.39 is 16.0 Å². The largest absolute Gasteiger partial charge is 0.482 e. The van der Waals surface area contributed by atoms with Crippen molar-refractivity contribution in [3.05, 3.63) is 60.4 Å². The van der Waals surface area contributed by atoms with Crippen LogP contribution >= 0.6 is 0 Å². The van der Waals surface area contributed by atoms with Gasteiger partial charge in [0.05, 0.1) is 0 Å². The van der Waals surface area contributed by atoms with Crippen LogP contribution in [0.25, 0.3) is 10.8 Å². The smallest absolute Gasteiger partial charge is 0.344 e. The van der Waals surface area contributed by atoms with Gasteiger partial charge in [0.25, 0.3) is 10.0 Å². The Morgan fingerprint density at radius 3 is 2.52 bits per heavy atom. The third-order valence-electron chi connectivity index (χ3n) is 3.82. The molecule has 0 bridgehead atoms. The molecule has 0 spiro atoms. The van der Waals surface area contributed by atoms with Gasteiger partial charge in [-0.25, -0.2) is 17.5 Å². The predicted octanol–water partition coefficient (Wildman–Crippen LogP) is 2.81. The van der Waals surface area contributed by atoms with Crippen molar-refractivity contribution in [2.24, 2.45) is 0 Å². The Bertz CT molecular complexity index is 1050. The van der Waals surface area contributed by atoms with Gasteiger partial charge in [-0.1, -0.05) is 30.3 Å². The summed E-state index contributed by atoms with van der Waals surface area (Å²) in [5.41, 5.74) is 0. The molecule has 0 aliphatic rings. The first-order chi connectivity index (χ1) is 12.9. The van der Waals surface area contributed by atoms with E-state index in [1.54, 1.807) is 6.07 Å². The molecule has 0 saturated carbocycles. The van der Waals surface area contributed by atoms with E-state index >= 15 is 0 Å². The van der Waals surface area contributed by atoms with Gasteiger partial charge in [-0.3, -0.25) is 0 Å². The second-order valence-electron chi connectivity index (χ2n) is 5.97. The van der Waals surface area contributed by atoms with Crippen molar-refractivity contribution in [2.45, 2.75) is 11.7 Å². The highest BCUT2D eigenvalue weighted by atomic mass is 32.2. The Morgan fingerprint density at radius 2 is 1.78 bits per heavy atom. The number of ether oxygens (including phenoxy) is 2. The molecule has 0 fully saturated rings. The SMILES string of the molecule is CN(C)S(=O)(=O)c1ccc(COC(=O)COc2ccc3ccccc3c2)o1. The number of carbonyl (C=O) groups excluding carboxylic acids is 1. The molecule has 0 aliphatic carbocycles. The van der Waals surface area contributed by atoms with Gasteiger partial charge in [-0.15, -0.1) is 0 Å². The fourth-order valence-corrected chi connectivity index (χ4v) is 3.16. The first-order valence-corrected chi connectivity index (χ1v) is 9.59. The zero-order chi connectivity index (χ0) is 19.4. The zero-order valence-electron chi connectivity index (χ0n) is 14.9. The molecule has 0 amide bonds. The van der Waals surface area contributed by atoms with Crippen molar-refractivity contribution >= 4 is 26.8 Å². The molecule has 0 N–H and O–H groups in total. The van der Waals surface area contributed by atoms with E-state index in [0.717, 1.165) is 15.1 Å². The normalized spacial score (nSPS) is 11.7. The first-order valence-electron chi connectivity index (χ1n) is 8.15. The topological polar surface area (TPSA) is 86.0 Å². The number of furan rings is 1. The molecular formula is C19H19NO6S. The number of rotatable bonds is 7. The van der Waals surface area contributed by atoms with Crippen LogP contribution in [0, 0.1) is 0 Å². The average Bonchev–Trinajstić information content (AvgIpc) is 3.14. The minimum Gasteiger partial charge on any atom is -0.482 e. The summed E-state index contributed by atoms with van der Waals surface area (Å²) >= 11 is 0. The average molecular weight is 389 g/mol.